The first-order valence-electron chi connectivity index (χ1n) is 5.57. The van der Waals surface area contributed by atoms with Gasteiger partial charge in [-0.05, 0) is 30.4 Å². The molecule has 0 radical (unpaired) electrons. The molecule has 1 saturated carbocycles. The summed E-state index contributed by atoms with van der Waals surface area (Å²) < 4.78 is 0. The van der Waals surface area contributed by atoms with Crippen molar-refractivity contribution < 1.29 is 9.90 Å². The lowest BCUT2D eigenvalue weighted by atomic mass is 9.67. The third-order valence-electron chi connectivity index (χ3n) is 3.79. The molecule has 2 bridgehead atoms. The summed E-state index contributed by atoms with van der Waals surface area (Å²) in [5.74, 6) is 0.175. The molecule has 0 amide bonds. The summed E-state index contributed by atoms with van der Waals surface area (Å²) in [6.45, 7) is 0. The maximum absolute atomic E-state index is 12.0. The van der Waals surface area contributed by atoms with Crippen LogP contribution in [0.5, 0.6) is 0 Å². The van der Waals surface area contributed by atoms with Crippen molar-refractivity contribution in [1.82, 2.24) is 0 Å². The number of hydrogen-bond donors (Lipinski definition) is 1. The van der Waals surface area contributed by atoms with Crippen molar-refractivity contribution in [3.8, 4) is 0 Å². The Labute approximate surface area is 88.9 Å². The molecule has 2 heteroatoms. The van der Waals surface area contributed by atoms with Gasteiger partial charge in [-0.2, -0.15) is 0 Å². The minimum Gasteiger partial charge on any atom is -0.392 e. The molecule has 0 heterocycles. The normalized spacial score (nSPS) is 33.7. The molecule has 2 nitrogen and oxygen atoms in total. The van der Waals surface area contributed by atoms with Crippen LogP contribution in [0.1, 0.15) is 29.9 Å². The number of carbonyl (C=O) groups is 1. The number of Topliss-reactive ketones (excluding diaryl/α,β-unsaturated/α-hetero) is 1. The molecule has 1 N–H and O–H groups in total. The Morgan fingerprint density at radius 1 is 1.20 bits per heavy atom. The molecule has 0 aliphatic heterocycles. The van der Waals surface area contributed by atoms with Gasteiger partial charge >= 0.3 is 0 Å². The summed E-state index contributed by atoms with van der Waals surface area (Å²) in [7, 11) is 0. The van der Waals surface area contributed by atoms with Crippen molar-refractivity contribution in [3.05, 3.63) is 35.4 Å². The Kier molecular flexibility index (Phi) is 1.93. The van der Waals surface area contributed by atoms with Gasteiger partial charge in [0.2, 0.25) is 0 Å². The van der Waals surface area contributed by atoms with E-state index in [1.165, 1.54) is 11.1 Å². The van der Waals surface area contributed by atoms with Crippen LogP contribution in [-0.2, 0) is 11.2 Å². The van der Waals surface area contributed by atoms with Crippen molar-refractivity contribution in [1.29, 1.82) is 0 Å². The first-order valence-corrected chi connectivity index (χ1v) is 5.57. The highest BCUT2D eigenvalue weighted by molar-refractivity contribution is 5.91. The Morgan fingerprint density at radius 2 is 2.00 bits per heavy atom. The number of rotatable bonds is 0. The predicted octanol–water partition coefficient (Wildman–Crippen LogP) is 1.67. The van der Waals surface area contributed by atoms with Gasteiger partial charge in [0.1, 0.15) is 5.78 Å². The second kappa shape index (κ2) is 3.17. The van der Waals surface area contributed by atoms with Crippen LogP contribution in [0, 0.1) is 5.92 Å². The average molecular weight is 202 g/mol. The Hall–Kier alpha value is -1.15. The van der Waals surface area contributed by atoms with Crippen molar-refractivity contribution in [3.63, 3.8) is 0 Å². The van der Waals surface area contributed by atoms with E-state index < -0.39 is 6.10 Å². The van der Waals surface area contributed by atoms with Crippen molar-refractivity contribution in [2.75, 3.05) is 0 Å². The second-order valence-corrected chi connectivity index (χ2v) is 4.61. The van der Waals surface area contributed by atoms with Crippen molar-refractivity contribution in [2.24, 2.45) is 5.92 Å². The standard InChI is InChI=1S/C13H14O2/c14-12-6-5-10-9-4-2-1-3-8(9)7-11(12)13(10)15/h1-4,10-12,14H,5-7H2. The van der Waals surface area contributed by atoms with E-state index in [9.17, 15) is 9.90 Å². The van der Waals surface area contributed by atoms with Gasteiger partial charge in [-0.3, -0.25) is 4.79 Å². The fourth-order valence-electron chi connectivity index (χ4n) is 2.97. The van der Waals surface area contributed by atoms with Gasteiger partial charge < -0.3 is 5.11 Å². The largest absolute Gasteiger partial charge is 0.392 e. The van der Waals surface area contributed by atoms with Crippen LogP contribution < -0.4 is 0 Å². The summed E-state index contributed by atoms with van der Waals surface area (Å²) in [5, 5.41) is 9.80. The van der Waals surface area contributed by atoms with Gasteiger partial charge in [0.05, 0.1) is 6.10 Å². The number of carbonyl (C=O) groups excluding carboxylic acids is 1. The molecule has 2 aliphatic carbocycles. The van der Waals surface area contributed by atoms with Crippen LogP contribution in [0.3, 0.4) is 0 Å². The zero-order valence-electron chi connectivity index (χ0n) is 8.52. The Balaban J connectivity index is 2.10. The molecular weight excluding hydrogens is 188 g/mol. The molecule has 78 valence electrons. The molecule has 15 heavy (non-hydrogen) atoms. The molecule has 3 rings (SSSR count). The summed E-state index contributed by atoms with van der Waals surface area (Å²) >= 11 is 0. The van der Waals surface area contributed by atoms with Gasteiger partial charge in [-0.1, -0.05) is 24.3 Å². The number of benzene rings is 1. The molecule has 1 aromatic carbocycles. The van der Waals surface area contributed by atoms with E-state index in [0.29, 0.717) is 0 Å². The molecule has 1 aromatic rings. The van der Waals surface area contributed by atoms with Crippen molar-refractivity contribution >= 4 is 5.78 Å². The Bertz CT molecular complexity index is 411. The zero-order valence-corrected chi connectivity index (χ0v) is 8.52. The molecule has 0 aromatic heterocycles. The Morgan fingerprint density at radius 3 is 2.87 bits per heavy atom. The predicted molar refractivity (Wildman–Crippen MR) is 56.6 cm³/mol. The lowest BCUT2D eigenvalue weighted by Gasteiger charge is -2.37. The lowest BCUT2D eigenvalue weighted by molar-refractivity contribution is -0.132. The van der Waals surface area contributed by atoms with Gasteiger partial charge in [0.15, 0.2) is 0 Å². The highest BCUT2D eigenvalue weighted by Crippen LogP contribution is 2.41. The van der Waals surface area contributed by atoms with Gasteiger partial charge in [0.25, 0.3) is 0 Å². The van der Waals surface area contributed by atoms with E-state index in [2.05, 4.69) is 12.1 Å². The fourth-order valence-corrected chi connectivity index (χ4v) is 2.97. The van der Waals surface area contributed by atoms with Crippen LogP contribution in [0.25, 0.3) is 0 Å². The van der Waals surface area contributed by atoms with E-state index in [0.717, 1.165) is 19.3 Å². The summed E-state index contributed by atoms with van der Waals surface area (Å²) in [6.07, 6.45) is 1.90. The quantitative estimate of drug-likeness (QED) is 0.694. The number of hydrogen-bond acceptors (Lipinski definition) is 2. The highest BCUT2D eigenvalue weighted by Gasteiger charge is 2.42. The molecule has 3 atom stereocenters. The summed E-state index contributed by atoms with van der Waals surface area (Å²) in [6, 6.07) is 8.15. The number of aliphatic hydroxyl groups excluding tert-OH is 1. The van der Waals surface area contributed by atoms with E-state index in [1.807, 2.05) is 12.1 Å². The SMILES string of the molecule is O=C1C2CCC(O)C1Cc1ccccc12. The first kappa shape index (κ1) is 9.10. The minimum atomic E-state index is -0.415. The highest BCUT2D eigenvalue weighted by atomic mass is 16.3. The van der Waals surface area contributed by atoms with Crippen molar-refractivity contribution in [2.45, 2.75) is 31.3 Å². The first-order chi connectivity index (χ1) is 7.27. The van der Waals surface area contributed by atoms with Gasteiger partial charge in [-0.15, -0.1) is 0 Å². The summed E-state index contributed by atoms with van der Waals surface area (Å²) in [4.78, 5) is 12.0. The number of fused-ring (bicyclic) bond motifs is 4. The molecular formula is C13H14O2. The van der Waals surface area contributed by atoms with E-state index in [1.54, 1.807) is 0 Å². The minimum absolute atomic E-state index is 0.0587. The van der Waals surface area contributed by atoms with E-state index >= 15 is 0 Å². The average Bonchev–Trinajstić information content (AvgIpc) is 2.24. The maximum Gasteiger partial charge on any atom is 0.146 e. The fraction of sp³-hybridized carbons (Fsp3) is 0.462. The van der Waals surface area contributed by atoms with Crippen LogP contribution in [-0.4, -0.2) is 17.0 Å². The third kappa shape index (κ3) is 1.25. The van der Waals surface area contributed by atoms with E-state index in [4.69, 9.17) is 0 Å². The zero-order chi connectivity index (χ0) is 10.4. The van der Waals surface area contributed by atoms with Crippen LogP contribution in [0.4, 0.5) is 0 Å². The second-order valence-electron chi connectivity index (χ2n) is 4.61. The third-order valence-corrected chi connectivity index (χ3v) is 3.79. The molecule has 3 unspecified atom stereocenters. The molecule has 2 aliphatic rings. The lowest BCUT2D eigenvalue weighted by Crippen LogP contribution is -2.42. The molecule has 1 fully saturated rings. The summed E-state index contributed by atoms with van der Waals surface area (Å²) in [5.41, 5.74) is 2.46. The maximum atomic E-state index is 12.0. The van der Waals surface area contributed by atoms with Gasteiger partial charge in [-0.25, -0.2) is 0 Å². The van der Waals surface area contributed by atoms with Gasteiger partial charge in [0, 0.05) is 11.8 Å². The van der Waals surface area contributed by atoms with E-state index in [-0.39, 0.29) is 17.6 Å². The van der Waals surface area contributed by atoms with Crippen LogP contribution in [0.2, 0.25) is 0 Å². The van der Waals surface area contributed by atoms with Crippen LogP contribution in [0.15, 0.2) is 24.3 Å². The molecule has 0 saturated heterocycles. The topological polar surface area (TPSA) is 37.3 Å². The monoisotopic (exact) mass is 202 g/mol. The molecule has 0 spiro atoms. The smallest absolute Gasteiger partial charge is 0.146 e. The van der Waals surface area contributed by atoms with Crippen LogP contribution >= 0.6 is 0 Å². The number of aliphatic hydroxyl groups is 1. The number of ketones is 1.